The SMILES string of the molecule is CCC1(C(=O)O)CCN(c2cc(C#N)ccc2[N+](=O)[O-])C1. The Labute approximate surface area is 121 Å². The van der Waals surface area contributed by atoms with Crippen molar-refractivity contribution in [3.05, 3.63) is 33.9 Å². The predicted octanol–water partition coefficient (Wildman–Crippen LogP) is 2.16. The largest absolute Gasteiger partial charge is 0.481 e. The fraction of sp³-hybridized carbons (Fsp3) is 0.429. The Balaban J connectivity index is 2.41. The maximum atomic E-state index is 11.5. The van der Waals surface area contributed by atoms with Gasteiger partial charge in [-0.2, -0.15) is 5.26 Å². The summed E-state index contributed by atoms with van der Waals surface area (Å²) >= 11 is 0. The maximum Gasteiger partial charge on any atom is 0.311 e. The number of rotatable bonds is 4. The minimum Gasteiger partial charge on any atom is -0.481 e. The molecular weight excluding hydrogens is 274 g/mol. The van der Waals surface area contributed by atoms with Gasteiger partial charge in [-0.05, 0) is 25.0 Å². The minimum atomic E-state index is -0.883. The van der Waals surface area contributed by atoms with Gasteiger partial charge < -0.3 is 10.0 Å². The zero-order chi connectivity index (χ0) is 15.6. The van der Waals surface area contributed by atoms with E-state index >= 15 is 0 Å². The number of nitrogens with zero attached hydrogens (tertiary/aromatic N) is 3. The van der Waals surface area contributed by atoms with Crippen LogP contribution in [0.3, 0.4) is 0 Å². The van der Waals surface area contributed by atoms with E-state index in [1.807, 2.05) is 6.07 Å². The van der Waals surface area contributed by atoms with Gasteiger partial charge in [-0.3, -0.25) is 14.9 Å². The molecule has 0 bridgehead atoms. The normalized spacial score (nSPS) is 21.0. The van der Waals surface area contributed by atoms with Crippen molar-refractivity contribution < 1.29 is 14.8 Å². The highest BCUT2D eigenvalue weighted by Crippen LogP contribution is 2.40. The molecule has 21 heavy (non-hydrogen) atoms. The number of carbonyl (C=O) groups is 1. The number of carboxylic acid groups (broad SMARTS) is 1. The summed E-state index contributed by atoms with van der Waals surface area (Å²) in [7, 11) is 0. The van der Waals surface area contributed by atoms with Crippen LogP contribution >= 0.6 is 0 Å². The van der Waals surface area contributed by atoms with E-state index in [9.17, 15) is 20.0 Å². The lowest BCUT2D eigenvalue weighted by molar-refractivity contribution is -0.384. The number of carboxylic acids is 1. The molecule has 7 nitrogen and oxygen atoms in total. The molecule has 1 atom stereocenters. The van der Waals surface area contributed by atoms with Crippen molar-refractivity contribution in [2.24, 2.45) is 5.41 Å². The molecule has 2 rings (SSSR count). The van der Waals surface area contributed by atoms with Gasteiger partial charge in [-0.25, -0.2) is 0 Å². The molecule has 1 aliphatic heterocycles. The highest BCUT2D eigenvalue weighted by atomic mass is 16.6. The third kappa shape index (κ3) is 2.52. The van der Waals surface area contributed by atoms with Crippen LogP contribution in [0.25, 0.3) is 0 Å². The summed E-state index contributed by atoms with van der Waals surface area (Å²) in [5.41, 5.74) is -0.349. The molecule has 0 saturated carbocycles. The third-order valence-electron chi connectivity index (χ3n) is 4.13. The quantitative estimate of drug-likeness (QED) is 0.672. The molecule has 1 fully saturated rings. The lowest BCUT2D eigenvalue weighted by Crippen LogP contribution is -2.34. The number of nitro benzene ring substituents is 1. The van der Waals surface area contributed by atoms with Crippen LogP contribution in [0.15, 0.2) is 18.2 Å². The molecular formula is C14H15N3O4. The first kappa shape index (κ1) is 14.8. The molecule has 0 aromatic heterocycles. The monoisotopic (exact) mass is 289 g/mol. The summed E-state index contributed by atoms with van der Waals surface area (Å²) in [5, 5.41) is 29.5. The van der Waals surface area contributed by atoms with Gasteiger partial charge in [-0.1, -0.05) is 6.92 Å². The highest BCUT2D eigenvalue weighted by molar-refractivity contribution is 5.78. The first-order chi connectivity index (χ1) is 9.93. The molecule has 1 aromatic carbocycles. The van der Waals surface area contributed by atoms with Crippen LogP contribution < -0.4 is 4.90 Å². The standard InChI is InChI=1S/C14H15N3O4/c1-2-14(13(18)19)5-6-16(9-14)12-7-10(8-15)3-4-11(12)17(20)21/h3-4,7H,2,5-6,9H2,1H3,(H,18,19). The molecule has 1 unspecified atom stereocenters. The van der Waals surface area contributed by atoms with E-state index in [0.29, 0.717) is 30.6 Å². The Morgan fingerprint density at radius 2 is 2.33 bits per heavy atom. The fourth-order valence-corrected chi connectivity index (χ4v) is 2.69. The Kier molecular flexibility index (Phi) is 3.80. The number of nitriles is 1. The highest BCUT2D eigenvalue weighted by Gasteiger charge is 2.44. The van der Waals surface area contributed by atoms with Gasteiger partial charge in [0.15, 0.2) is 0 Å². The van der Waals surface area contributed by atoms with Gasteiger partial charge in [0.05, 0.1) is 22.0 Å². The zero-order valence-corrected chi connectivity index (χ0v) is 11.6. The molecule has 0 radical (unpaired) electrons. The topological polar surface area (TPSA) is 107 Å². The summed E-state index contributed by atoms with van der Waals surface area (Å²) in [6.07, 6.45) is 0.900. The predicted molar refractivity (Wildman–Crippen MR) is 75.0 cm³/mol. The number of anilines is 1. The summed E-state index contributed by atoms with van der Waals surface area (Å²) in [4.78, 5) is 23.8. The molecule has 0 amide bonds. The number of nitro groups is 1. The maximum absolute atomic E-state index is 11.5. The lowest BCUT2D eigenvalue weighted by atomic mass is 9.84. The Bertz CT molecular complexity index is 638. The summed E-state index contributed by atoms with van der Waals surface area (Å²) in [6.45, 7) is 2.45. The van der Waals surface area contributed by atoms with Gasteiger partial charge in [-0.15, -0.1) is 0 Å². The Hall–Kier alpha value is -2.62. The minimum absolute atomic E-state index is 0.105. The van der Waals surface area contributed by atoms with Crippen molar-refractivity contribution >= 4 is 17.3 Å². The molecule has 0 aliphatic carbocycles. The molecule has 1 heterocycles. The van der Waals surface area contributed by atoms with E-state index in [1.165, 1.54) is 18.2 Å². The first-order valence-electron chi connectivity index (χ1n) is 6.60. The second-order valence-electron chi connectivity index (χ2n) is 5.18. The van der Waals surface area contributed by atoms with E-state index in [4.69, 9.17) is 5.26 Å². The van der Waals surface area contributed by atoms with Crippen LogP contribution in [0.4, 0.5) is 11.4 Å². The molecule has 0 spiro atoms. The number of hydrogen-bond donors (Lipinski definition) is 1. The van der Waals surface area contributed by atoms with Crippen molar-refractivity contribution in [2.75, 3.05) is 18.0 Å². The van der Waals surface area contributed by atoms with Crippen molar-refractivity contribution in [3.63, 3.8) is 0 Å². The van der Waals surface area contributed by atoms with E-state index < -0.39 is 16.3 Å². The van der Waals surface area contributed by atoms with Crippen molar-refractivity contribution in [2.45, 2.75) is 19.8 Å². The molecule has 1 saturated heterocycles. The van der Waals surface area contributed by atoms with Crippen LogP contribution in [0, 0.1) is 26.9 Å². The van der Waals surface area contributed by atoms with Crippen LogP contribution in [0.5, 0.6) is 0 Å². The van der Waals surface area contributed by atoms with Crippen LogP contribution in [-0.2, 0) is 4.79 Å². The lowest BCUT2D eigenvalue weighted by Gasteiger charge is -2.24. The van der Waals surface area contributed by atoms with Gasteiger partial charge in [0.25, 0.3) is 5.69 Å². The van der Waals surface area contributed by atoms with Gasteiger partial charge in [0.1, 0.15) is 5.69 Å². The fourth-order valence-electron chi connectivity index (χ4n) is 2.69. The van der Waals surface area contributed by atoms with E-state index in [1.54, 1.807) is 11.8 Å². The average Bonchev–Trinajstić information content (AvgIpc) is 2.92. The Morgan fingerprint density at radius 1 is 1.62 bits per heavy atom. The summed E-state index contributed by atoms with van der Waals surface area (Å²) < 4.78 is 0. The van der Waals surface area contributed by atoms with Crippen LogP contribution in [-0.4, -0.2) is 29.1 Å². The van der Waals surface area contributed by atoms with Gasteiger partial charge in [0.2, 0.25) is 0 Å². The van der Waals surface area contributed by atoms with Crippen molar-refractivity contribution in [3.8, 4) is 6.07 Å². The average molecular weight is 289 g/mol. The van der Waals surface area contributed by atoms with Gasteiger partial charge >= 0.3 is 5.97 Å². The first-order valence-corrected chi connectivity index (χ1v) is 6.60. The van der Waals surface area contributed by atoms with Crippen LogP contribution in [0.2, 0.25) is 0 Å². The smallest absolute Gasteiger partial charge is 0.311 e. The van der Waals surface area contributed by atoms with Crippen molar-refractivity contribution in [1.82, 2.24) is 0 Å². The third-order valence-corrected chi connectivity index (χ3v) is 4.13. The number of benzene rings is 1. The van der Waals surface area contributed by atoms with E-state index in [2.05, 4.69) is 0 Å². The molecule has 1 aliphatic rings. The molecule has 1 aromatic rings. The molecule has 110 valence electrons. The summed E-state index contributed by atoms with van der Waals surface area (Å²) in [5.74, 6) is -0.883. The van der Waals surface area contributed by atoms with Crippen LogP contribution in [0.1, 0.15) is 25.3 Å². The Morgan fingerprint density at radius 3 is 2.81 bits per heavy atom. The van der Waals surface area contributed by atoms with E-state index in [-0.39, 0.29) is 12.2 Å². The molecule has 7 heteroatoms. The van der Waals surface area contributed by atoms with Gasteiger partial charge in [0, 0.05) is 19.2 Å². The second-order valence-corrected chi connectivity index (χ2v) is 5.18. The van der Waals surface area contributed by atoms with Crippen molar-refractivity contribution in [1.29, 1.82) is 5.26 Å². The number of hydrogen-bond acceptors (Lipinski definition) is 5. The zero-order valence-electron chi connectivity index (χ0n) is 11.6. The summed E-state index contributed by atoms with van der Waals surface area (Å²) in [6, 6.07) is 6.08. The number of aliphatic carboxylic acids is 1. The van der Waals surface area contributed by atoms with E-state index in [0.717, 1.165) is 0 Å². The molecule has 1 N–H and O–H groups in total. The second kappa shape index (κ2) is 5.40.